The zero-order chi connectivity index (χ0) is 26.6. The van der Waals surface area contributed by atoms with Crippen molar-refractivity contribution < 1.29 is 54.6 Å². The summed E-state index contributed by atoms with van der Waals surface area (Å²) >= 11 is 1.17. The Morgan fingerprint density at radius 1 is 0.912 bits per heavy atom. The molecule has 2 amide bonds. The summed E-state index contributed by atoms with van der Waals surface area (Å²) in [6.45, 7) is 0.864. The molecule has 34 heavy (non-hydrogen) atoms. The number of amides is 2. The second-order valence-electron chi connectivity index (χ2n) is 7.57. The van der Waals surface area contributed by atoms with Gasteiger partial charge in [0.25, 0.3) is 0 Å². The van der Waals surface area contributed by atoms with Crippen molar-refractivity contribution in [2.45, 2.75) is 56.3 Å². The van der Waals surface area contributed by atoms with Crippen LogP contribution in [0.15, 0.2) is 0 Å². The predicted octanol–water partition coefficient (Wildman–Crippen LogP) is -3.86. The number of hydrogen-bond donors (Lipinski definition) is 9. The standard InChI is InChI=1S/C19H33N3O11S/c1-8(20-2)11(23)4-9(17(29)22-10(7-34-3)18(30)31)5-13(25)21-6-12(24)14(26)15(27)16(28)19(32)33/h8-10,12,14-16,20,24,26-28H,4-7H2,1-3H3,(H,21,25)(H,22,29)(H,30,31)(H,32,33)/t8-,9+,10-,12-,14+,15-,16-/m0/s1. The van der Waals surface area contributed by atoms with Crippen LogP contribution < -0.4 is 16.0 Å². The monoisotopic (exact) mass is 511 g/mol. The molecule has 0 heterocycles. The number of rotatable bonds is 17. The Morgan fingerprint density at radius 2 is 1.50 bits per heavy atom. The van der Waals surface area contributed by atoms with Crippen LogP contribution in [-0.4, -0.2) is 122 Å². The van der Waals surface area contributed by atoms with Gasteiger partial charge in [-0.15, -0.1) is 0 Å². The number of aliphatic hydroxyl groups excluding tert-OH is 4. The summed E-state index contributed by atoms with van der Waals surface area (Å²) in [5, 5.41) is 63.4. The van der Waals surface area contributed by atoms with E-state index in [-0.39, 0.29) is 12.2 Å². The number of Topliss-reactive ketones (excluding diaryl/α,β-unsaturated/α-hetero) is 1. The van der Waals surface area contributed by atoms with Crippen molar-refractivity contribution in [1.82, 2.24) is 16.0 Å². The lowest BCUT2D eigenvalue weighted by molar-refractivity contribution is -0.162. The average molecular weight is 512 g/mol. The third-order valence-corrected chi connectivity index (χ3v) is 5.61. The molecule has 0 spiro atoms. The Hall–Kier alpha value is -2.30. The molecule has 0 rings (SSSR count). The van der Waals surface area contributed by atoms with Crippen molar-refractivity contribution in [3.05, 3.63) is 0 Å². The van der Waals surface area contributed by atoms with E-state index >= 15 is 0 Å². The van der Waals surface area contributed by atoms with Gasteiger partial charge in [0.05, 0.1) is 18.1 Å². The predicted molar refractivity (Wildman–Crippen MR) is 119 cm³/mol. The summed E-state index contributed by atoms with van der Waals surface area (Å²) in [6.07, 6.45) is -7.93. The molecule has 0 aliphatic carbocycles. The third kappa shape index (κ3) is 10.8. The molecular weight excluding hydrogens is 478 g/mol. The molecule has 0 aromatic carbocycles. The van der Waals surface area contributed by atoms with Gasteiger partial charge in [-0.3, -0.25) is 14.4 Å². The molecule has 0 saturated heterocycles. The van der Waals surface area contributed by atoms with E-state index in [0.29, 0.717) is 0 Å². The molecule has 0 aromatic heterocycles. The number of aliphatic hydroxyl groups is 4. The largest absolute Gasteiger partial charge is 0.480 e. The number of carbonyl (C=O) groups excluding carboxylic acids is 3. The van der Waals surface area contributed by atoms with Gasteiger partial charge in [0, 0.05) is 25.1 Å². The van der Waals surface area contributed by atoms with Gasteiger partial charge in [0.2, 0.25) is 11.8 Å². The van der Waals surface area contributed by atoms with Crippen molar-refractivity contribution in [3.63, 3.8) is 0 Å². The lowest BCUT2D eigenvalue weighted by Crippen LogP contribution is -2.51. The minimum atomic E-state index is -2.38. The van der Waals surface area contributed by atoms with Crippen LogP contribution in [0.1, 0.15) is 19.8 Å². The lowest BCUT2D eigenvalue weighted by atomic mass is 9.94. The van der Waals surface area contributed by atoms with E-state index < -0.39 is 84.9 Å². The van der Waals surface area contributed by atoms with Crippen molar-refractivity contribution in [1.29, 1.82) is 0 Å². The van der Waals surface area contributed by atoms with Crippen LogP contribution in [0.4, 0.5) is 0 Å². The minimum absolute atomic E-state index is 0.0510. The van der Waals surface area contributed by atoms with Crippen LogP contribution in [0.5, 0.6) is 0 Å². The number of thioether (sulfide) groups is 1. The van der Waals surface area contributed by atoms with Crippen LogP contribution in [0, 0.1) is 5.92 Å². The number of likely N-dealkylation sites (N-methyl/N-ethyl adjacent to an activating group) is 1. The van der Waals surface area contributed by atoms with Crippen molar-refractivity contribution in [2.75, 3.05) is 25.6 Å². The van der Waals surface area contributed by atoms with E-state index in [1.165, 1.54) is 18.8 Å². The van der Waals surface area contributed by atoms with E-state index in [2.05, 4.69) is 16.0 Å². The Morgan fingerprint density at radius 3 is 1.97 bits per heavy atom. The van der Waals surface area contributed by atoms with Gasteiger partial charge in [-0.05, 0) is 20.2 Å². The van der Waals surface area contributed by atoms with Gasteiger partial charge < -0.3 is 46.6 Å². The molecule has 0 unspecified atom stereocenters. The normalized spacial score (nSPS) is 17.4. The molecule has 9 N–H and O–H groups in total. The van der Waals surface area contributed by atoms with Crippen LogP contribution in [0.25, 0.3) is 0 Å². The van der Waals surface area contributed by atoms with E-state index in [9.17, 15) is 49.5 Å². The maximum absolute atomic E-state index is 12.6. The molecule has 0 radical (unpaired) electrons. The second-order valence-corrected chi connectivity index (χ2v) is 8.48. The molecule has 0 bridgehead atoms. The summed E-state index contributed by atoms with van der Waals surface area (Å²) in [7, 11) is 1.52. The highest BCUT2D eigenvalue weighted by Gasteiger charge is 2.35. The number of ketones is 1. The summed E-state index contributed by atoms with van der Waals surface area (Å²) in [4.78, 5) is 59.2. The quantitative estimate of drug-likeness (QED) is 0.0909. The fourth-order valence-electron chi connectivity index (χ4n) is 2.66. The number of nitrogens with one attached hydrogen (secondary N) is 3. The molecule has 0 aliphatic rings. The first-order chi connectivity index (χ1) is 15.8. The molecule has 0 fully saturated rings. The molecule has 14 nitrogen and oxygen atoms in total. The van der Waals surface area contributed by atoms with Crippen LogP contribution in [0.2, 0.25) is 0 Å². The molecule has 196 valence electrons. The van der Waals surface area contributed by atoms with Crippen molar-refractivity contribution in [3.8, 4) is 0 Å². The first-order valence-corrected chi connectivity index (χ1v) is 11.6. The molecule has 0 aliphatic heterocycles. The fourth-order valence-corrected chi connectivity index (χ4v) is 3.22. The molecular formula is C19H33N3O11S. The van der Waals surface area contributed by atoms with Gasteiger partial charge in [0.15, 0.2) is 6.10 Å². The lowest BCUT2D eigenvalue weighted by Gasteiger charge is -2.25. The zero-order valence-corrected chi connectivity index (χ0v) is 19.8. The van der Waals surface area contributed by atoms with E-state index in [1.807, 2.05) is 0 Å². The van der Waals surface area contributed by atoms with Crippen LogP contribution in [-0.2, 0) is 24.0 Å². The molecule has 15 heteroatoms. The summed E-state index contributed by atoms with van der Waals surface area (Å²) in [6, 6.07) is -1.89. The van der Waals surface area contributed by atoms with Crippen LogP contribution in [0.3, 0.4) is 0 Å². The third-order valence-electron chi connectivity index (χ3n) is 4.94. The summed E-state index contributed by atoms with van der Waals surface area (Å²) in [5.74, 6) is -6.41. The van der Waals surface area contributed by atoms with Crippen molar-refractivity contribution in [2.24, 2.45) is 5.92 Å². The maximum Gasteiger partial charge on any atom is 0.335 e. The van der Waals surface area contributed by atoms with Gasteiger partial charge in [-0.2, -0.15) is 11.8 Å². The molecule has 0 saturated carbocycles. The molecule has 0 aromatic rings. The van der Waals surface area contributed by atoms with Crippen molar-refractivity contribution >= 4 is 41.3 Å². The number of aliphatic carboxylic acids is 2. The van der Waals surface area contributed by atoms with E-state index in [4.69, 9.17) is 5.11 Å². The first-order valence-electron chi connectivity index (χ1n) is 10.2. The average Bonchev–Trinajstić information content (AvgIpc) is 2.79. The number of carboxylic acid groups (broad SMARTS) is 2. The zero-order valence-electron chi connectivity index (χ0n) is 19.0. The van der Waals surface area contributed by atoms with Crippen LogP contribution >= 0.6 is 11.8 Å². The Bertz CT molecular complexity index is 724. The van der Waals surface area contributed by atoms with Gasteiger partial charge in [-0.1, -0.05) is 0 Å². The summed E-state index contributed by atoms with van der Waals surface area (Å²) < 4.78 is 0. The summed E-state index contributed by atoms with van der Waals surface area (Å²) in [5.41, 5.74) is 0. The smallest absolute Gasteiger partial charge is 0.335 e. The fraction of sp³-hybridized carbons (Fsp3) is 0.737. The second kappa shape index (κ2) is 15.6. The maximum atomic E-state index is 12.6. The highest BCUT2D eigenvalue weighted by atomic mass is 32.2. The van der Waals surface area contributed by atoms with E-state index in [1.54, 1.807) is 13.2 Å². The number of carbonyl (C=O) groups is 5. The number of carboxylic acids is 2. The SMILES string of the molecule is CN[C@@H](C)C(=O)C[C@H](CC(=O)NC[C@H](O)[C@@H](O)[C@H](O)[C@H](O)C(=O)O)C(=O)N[C@@H](CSC)C(=O)O. The topological polar surface area (TPSA) is 243 Å². The highest BCUT2D eigenvalue weighted by molar-refractivity contribution is 7.98. The highest BCUT2D eigenvalue weighted by Crippen LogP contribution is 2.13. The van der Waals surface area contributed by atoms with Gasteiger partial charge >= 0.3 is 11.9 Å². The minimum Gasteiger partial charge on any atom is -0.480 e. The van der Waals surface area contributed by atoms with E-state index in [0.717, 1.165) is 0 Å². The van der Waals surface area contributed by atoms with Gasteiger partial charge in [-0.25, -0.2) is 9.59 Å². The Kier molecular flexibility index (Phi) is 14.5. The first kappa shape index (κ1) is 31.7. The molecule has 7 atom stereocenters. The van der Waals surface area contributed by atoms with Gasteiger partial charge in [0.1, 0.15) is 24.0 Å². The Labute approximate surface area is 200 Å². The Balaban J connectivity index is 5.23. The number of hydrogen-bond acceptors (Lipinski definition) is 11.